The van der Waals surface area contributed by atoms with E-state index in [1.165, 1.54) is 6.26 Å². The molecule has 1 rings (SSSR count). The Balaban J connectivity index is 2.70. The smallest absolute Gasteiger partial charge is 0.211 e. The molecule has 1 fully saturated rings. The molecule has 1 aliphatic rings. The van der Waals surface area contributed by atoms with Crippen molar-refractivity contribution in [1.29, 1.82) is 0 Å². The quantitative estimate of drug-likeness (QED) is 0.654. The summed E-state index contributed by atoms with van der Waals surface area (Å²) in [5, 5.41) is 0. The van der Waals surface area contributed by atoms with Crippen LogP contribution in [0.3, 0.4) is 0 Å². The van der Waals surface area contributed by atoms with Gasteiger partial charge in [-0.1, -0.05) is 13.8 Å². The number of sulfonamides is 1. The van der Waals surface area contributed by atoms with Gasteiger partial charge in [0.1, 0.15) is 0 Å². The van der Waals surface area contributed by atoms with Crippen molar-refractivity contribution in [2.24, 2.45) is 5.41 Å². The highest BCUT2D eigenvalue weighted by Gasteiger charge is 2.35. The molecule has 0 aliphatic carbocycles. The van der Waals surface area contributed by atoms with E-state index in [1.807, 2.05) is 0 Å². The maximum atomic E-state index is 11.2. The Bertz CT molecular complexity index is 260. The predicted octanol–water partition coefficient (Wildman–Crippen LogP) is 1.07. The Morgan fingerprint density at radius 2 is 2.08 bits per heavy atom. The first kappa shape index (κ1) is 9.99. The van der Waals surface area contributed by atoms with E-state index >= 15 is 0 Å². The number of hydrogen-bond acceptors (Lipinski definition) is 2. The lowest BCUT2D eigenvalue weighted by molar-refractivity contribution is 0.327. The minimum atomic E-state index is -2.95. The van der Waals surface area contributed by atoms with Crippen molar-refractivity contribution in [2.45, 2.75) is 26.7 Å². The Hall–Kier alpha value is -0.0900. The maximum absolute atomic E-state index is 11.2. The van der Waals surface area contributed by atoms with Crippen molar-refractivity contribution in [1.82, 2.24) is 4.31 Å². The van der Waals surface area contributed by atoms with Gasteiger partial charge in [-0.25, -0.2) is 12.7 Å². The molecule has 72 valence electrons. The fourth-order valence-electron chi connectivity index (χ4n) is 1.55. The molecule has 4 heteroatoms. The van der Waals surface area contributed by atoms with Gasteiger partial charge in [-0.2, -0.15) is 0 Å². The zero-order valence-electron chi connectivity index (χ0n) is 8.00. The minimum Gasteiger partial charge on any atom is -0.213 e. The maximum Gasteiger partial charge on any atom is 0.211 e. The van der Waals surface area contributed by atoms with Crippen molar-refractivity contribution >= 4 is 10.0 Å². The third kappa shape index (κ3) is 1.98. The van der Waals surface area contributed by atoms with Gasteiger partial charge in [-0.05, 0) is 18.3 Å². The van der Waals surface area contributed by atoms with Crippen LogP contribution < -0.4 is 0 Å². The van der Waals surface area contributed by atoms with E-state index < -0.39 is 10.0 Å². The normalized spacial score (nSPS) is 32.6. The summed E-state index contributed by atoms with van der Waals surface area (Å²) in [5.74, 6) is 0. The largest absolute Gasteiger partial charge is 0.213 e. The van der Waals surface area contributed by atoms with Crippen LogP contribution in [0.4, 0.5) is 0 Å². The first-order valence-corrected chi connectivity index (χ1v) is 6.17. The van der Waals surface area contributed by atoms with E-state index in [4.69, 9.17) is 0 Å². The highest BCUT2D eigenvalue weighted by molar-refractivity contribution is 7.88. The second kappa shape index (κ2) is 3.00. The van der Waals surface area contributed by atoms with E-state index in [9.17, 15) is 8.42 Å². The standard InChI is InChI=1S/C8H17NO2S/c1-4-8(2)5-6-9(7-8)12(3,10)11/h4-7H2,1-3H3. The van der Waals surface area contributed by atoms with Gasteiger partial charge in [0.2, 0.25) is 10.0 Å². The summed E-state index contributed by atoms with van der Waals surface area (Å²) < 4.78 is 23.9. The van der Waals surface area contributed by atoms with Crippen LogP contribution in [0.1, 0.15) is 26.7 Å². The van der Waals surface area contributed by atoms with Gasteiger partial charge < -0.3 is 0 Å². The van der Waals surface area contributed by atoms with Gasteiger partial charge in [0.15, 0.2) is 0 Å². The van der Waals surface area contributed by atoms with Crippen molar-refractivity contribution < 1.29 is 8.42 Å². The van der Waals surface area contributed by atoms with Crippen LogP contribution in [-0.2, 0) is 10.0 Å². The molecule has 0 aromatic heterocycles. The lowest BCUT2D eigenvalue weighted by atomic mass is 9.87. The van der Waals surface area contributed by atoms with E-state index in [1.54, 1.807) is 4.31 Å². The monoisotopic (exact) mass is 191 g/mol. The highest BCUT2D eigenvalue weighted by Crippen LogP contribution is 2.33. The number of rotatable bonds is 2. The van der Waals surface area contributed by atoms with E-state index in [0.717, 1.165) is 12.8 Å². The second-order valence-corrected chi connectivity index (χ2v) is 5.99. The lowest BCUT2D eigenvalue weighted by Gasteiger charge is -2.21. The molecular formula is C8H17NO2S. The molecule has 0 amide bonds. The van der Waals surface area contributed by atoms with Gasteiger partial charge in [0, 0.05) is 13.1 Å². The molecule has 0 saturated carbocycles. The molecule has 3 nitrogen and oxygen atoms in total. The summed E-state index contributed by atoms with van der Waals surface area (Å²) in [6.45, 7) is 5.66. The Labute approximate surface area is 74.8 Å². The predicted molar refractivity (Wildman–Crippen MR) is 49.4 cm³/mol. The van der Waals surface area contributed by atoms with Crippen molar-refractivity contribution in [3.63, 3.8) is 0 Å². The fourth-order valence-corrected chi connectivity index (χ4v) is 2.52. The molecule has 1 unspecified atom stereocenters. The van der Waals surface area contributed by atoms with Crippen LogP contribution >= 0.6 is 0 Å². The average Bonchev–Trinajstić information content (AvgIpc) is 2.32. The third-order valence-corrected chi connectivity index (χ3v) is 4.10. The van der Waals surface area contributed by atoms with Crippen LogP contribution in [0.15, 0.2) is 0 Å². The van der Waals surface area contributed by atoms with Crippen molar-refractivity contribution in [3.05, 3.63) is 0 Å². The molecule has 1 saturated heterocycles. The minimum absolute atomic E-state index is 0.211. The molecule has 0 N–H and O–H groups in total. The average molecular weight is 191 g/mol. The highest BCUT2D eigenvalue weighted by atomic mass is 32.2. The van der Waals surface area contributed by atoms with Gasteiger partial charge in [-0.3, -0.25) is 0 Å². The lowest BCUT2D eigenvalue weighted by Crippen LogP contribution is -2.29. The van der Waals surface area contributed by atoms with Crippen molar-refractivity contribution in [3.8, 4) is 0 Å². The summed E-state index contributed by atoms with van der Waals surface area (Å²) in [6, 6.07) is 0. The van der Waals surface area contributed by atoms with Crippen LogP contribution in [0.25, 0.3) is 0 Å². The SMILES string of the molecule is CCC1(C)CCN(S(C)(=O)=O)C1. The van der Waals surface area contributed by atoms with Crippen LogP contribution in [0.2, 0.25) is 0 Å². The van der Waals surface area contributed by atoms with Crippen molar-refractivity contribution in [2.75, 3.05) is 19.3 Å². The second-order valence-electron chi connectivity index (χ2n) is 4.01. The number of hydrogen-bond donors (Lipinski definition) is 0. The van der Waals surface area contributed by atoms with Crippen LogP contribution in [-0.4, -0.2) is 32.1 Å². The molecule has 0 radical (unpaired) electrons. The zero-order valence-corrected chi connectivity index (χ0v) is 8.82. The molecule has 0 bridgehead atoms. The van der Waals surface area contributed by atoms with E-state index in [2.05, 4.69) is 13.8 Å². The van der Waals surface area contributed by atoms with E-state index in [0.29, 0.717) is 13.1 Å². The molecule has 0 spiro atoms. The first-order valence-electron chi connectivity index (χ1n) is 4.32. The first-order chi connectivity index (χ1) is 5.37. The molecule has 0 aromatic carbocycles. The molecular weight excluding hydrogens is 174 g/mol. The third-order valence-electron chi connectivity index (χ3n) is 2.85. The summed E-state index contributed by atoms with van der Waals surface area (Å²) in [4.78, 5) is 0. The van der Waals surface area contributed by atoms with Gasteiger partial charge in [0.25, 0.3) is 0 Å². The number of nitrogens with zero attached hydrogens (tertiary/aromatic N) is 1. The van der Waals surface area contributed by atoms with E-state index in [-0.39, 0.29) is 5.41 Å². The molecule has 0 aromatic rings. The summed E-state index contributed by atoms with van der Waals surface area (Å²) in [7, 11) is -2.95. The summed E-state index contributed by atoms with van der Waals surface area (Å²) >= 11 is 0. The van der Waals surface area contributed by atoms with Gasteiger partial charge >= 0.3 is 0 Å². The van der Waals surface area contributed by atoms with Crippen LogP contribution in [0, 0.1) is 5.41 Å². The Morgan fingerprint density at radius 1 is 1.50 bits per heavy atom. The van der Waals surface area contributed by atoms with Gasteiger partial charge in [0.05, 0.1) is 6.26 Å². The Kier molecular flexibility index (Phi) is 2.50. The molecule has 1 heterocycles. The topological polar surface area (TPSA) is 37.4 Å². The van der Waals surface area contributed by atoms with Crippen LogP contribution in [0.5, 0.6) is 0 Å². The van der Waals surface area contributed by atoms with Gasteiger partial charge in [-0.15, -0.1) is 0 Å². The molecule has 12 heavy (non-hydrogen) atoms. The molecule has 1 atom stereocenters. The molecule has 1 aliphatic heterocycles. The zero-order chi connectivity index (χ0) is 9.41. The summed E-state index contributed by atoms with van der Waals surface area (Å²) in [6.07, 6.45) is 3.34. The fraction of sp³-hybridized carbons (Fsp3) is 1.00. The summed E-state index contributed by atoms with van der Waals surface area (Å²) in [5.41, 5.74) is 0.211. The Morgan fingerprint density at radius 3 is 2.33 bits per heavy atom.